The number of amides is 1. The Morgan fingerprint density at radius 2 is 1.54 bits per heavy atom. The van der Waals surface area contributed by atoms with Gasteiger partial charge in [0.05, 0.1) is 29.7 Å². The molecule has 11 nitrogen and oxygen atoms in total. The molecule has 15 heteroatoms. The number of hydrogen-bond acceptors (Lipinski definition) is 7. The van der Waals surface area contributed by atoms with E-state index in [1.165, 1.54) is 12.1 Å². The predicted molar refractivity (Wildman–Crippen MR) is 120 cm³/mol. The second-order valence-corrected chi connectivity index (χ2v) is 9.81. The third-order valence-corrected chi connectivity index (χ3v) is 5.90. The van der Waals surface area contributed by atoms with E-state index < -0.39 is 28.1 Å². The van der Waals surface area contributed by atoms with Crippen LogP contribution in [0.4, 0.5) is 24.5 Å². The van der Waals surface area contributed by atoms with Crippen LogP contribution in [0.25, 0.3) is 0 Å². The van der Waals surface area contributed by atoms with Crippen LogP contribution in [0.1, 0.15) is 23.2 Å². The number of likely N-dealkylation sites (tertiary alicyclic amines) is 1. The number of alkyl halides is 3. The summed E-state index contributed by atoms with van der Waals surface area (Å²) in [5.41, 5.74) is 0.912. The number of nitrogens with zero attached hydrogens (tertiary/aromatic N) is 3. The third kappa shape index (κ3) is 8.90. The maximum atomic E-state index is 12.3. The maximum absolute atomic E-state index is 12.3. The lowest BCUT2D eigenvalue weighted by molar-refractivity contribution is -0.192. The number of carbonyl (C=O) groups excluding carboxylic acids is 1. The number of carboxylic acids is 2. The van der Waals surface area contributed by atoms with Crippen LogP contribution in [0.3, 0.4) is 0 Å². The monoisotopic (exact) mass is 524 g/mol. The molecule has 35 heavy (non-hydrogen) atoms. The van der Waals surface area contributed by atoms with E-state index >= 15 is 0 Å². The number of sulfonamides is 1. The summed E-state index contributed by atoms with van der Waals surface area (Å²) in [7, 11) is -3.55. The van der Waals surface area contributed by atoms with Crippen LogP contribution in [0.2, 0.25) is 0 Å². The Bertz CT molecular complexity index is 1040. The summed E-state index contributed by atoms with van der Waals surface area (Å²) in [4.78, 5) is 38.5. The number of anilines is 2. The second kappa shape index (κ2) is 11.6. The molecule has 2 aliphatic rings. The highest BCUT2D eigenvalue weighted by Gasteiger charge is 2.38. The molecular formula is C20H27F3N4O7S. The summed E-state index contributed by atoms with van der Waals surface area (Å²) in [6.07, 6.45) is -1.91. The van der Waals surface area contributed by atoms with Gasteiger partial charge >= 0.3 is 18.1 Å². The Balaban J connectivity index is 0.000000540. The molecule has 0 aromatic heterocycles. The Morgan fingerprint density at radius 1 is 1.00 bits per heavy atom. The Kier molecular flexibility index (Phi) is 9.31. The minimum atomic E-state index is -5.08. The zero-order valence-corrected chi connectivity index (χ0v) is 19.7. The number of carbonyl (C=O) groups is 3. The highest BCUT2D eigenvalue weighted by molar-refractivity contribution is 7.92. The quantitative estimate of drug-likeness (QED) is 0.498. The lowest BCUT2D eigenvalue weighted by Gasteiger charge is -2.37. The zero-order chi connectivity index (χ0) is 26.4. The highest BCUT2D eigenvalue weighted by atomic mass is 32.2. The number of nitrogens with one attached hydrogen (secondary N) is 1. The van der Waals surface area contributed by atoms with Crippen molar-refractivity contribution in [2.24, 2.45) is 0 Å². The number of rotatable bonds is 6. The number of piperazine rings is 1. The molecule has 0 bridgehead atoms. The number of aromatic carboxylic acids is 1. The van der Waals surface area contributed by atoms with Gasteiger partial charge in [0.1, 0.15) is 0 Å². The van der Waals surface area contributed by atoms with E-state index in [0.29, 0.717) is 38.4 Å². The fourth-order valence-corrected chi connectivity index (χ4v) is 4.19. The van der Waals surface area contributed by atoms with E-state index in [-0.39, 0.29) is 17.2 Å². The minimum absolute atomic E-state index is 0.0183. The first-order valence-corrected chi connectivity index (χ1v) is 12.5. The van der Waals surface area contributed by atoms with Crippen LogP contribution in [-0.2, 0) is 19.6 Å². The molecule has 1 aromatic rings. The molecule has 2 saturated heterocycles. The standard InChI is InChI=1S/C18H26N4O5S.C2HF3O2/c1-28(26,27)19-15-12-14(18(24)25)4-5-16(15)21-10-8-20(9-11-21)13-17(23)22-6-2-3-7-22;3-2(4,5)1(6)7/h4-5,12,19H,2-3,6-11,13H2,1H3,(H,24,25);(H,6,7). The van der Waals surface area contributed by atoms with Crippen molar-refractivity contribution in [2.75, 3.05) is 61.7 Å². The summed E-state index contributed by atoms with van der Waals surface area (Å²) < 4.78 is 57.5. The summed E-state index contributed by atoms with van der Waals surface area (Å²) in [5.74, 6) is -3.71. The minimum Gasteiger partial charge on any atom is -0.478 e. The van der Waals surface area contributed by atoms with Gasteiger partial charge in [-0.3, -0.25) is 14.4 Å². The smallest absolute Gasteiger partial charge is 0.478 e. The van der Waals surface area contributed by atoms with Gasteiger partial charge in [-0.15, -0.1) is 0 Å². The molecule has 1 aromatic carbocycles. The molecule has 0 radical (unpaired) electrons. The molecule has 0 saturated carbocycles. The molecule has 3 rings (SSSR count). The van der Waals surface area contributed by atoms with Gasteiger partial charge in [0, 0.05) is 39.3 Å². The lowest BCUT2D eigenvalue weighted by Crippen LogP contribution is -2.50. The van der Waals surface area contributed by atoms with Crippen LogP contribution in [0, 0.1) is 0 Å². The average molecular weight is 525 g/mol. The van der Waals surface area contributed by atoms with Crippen molar-refractivity contribution in [3.63, 3.8) is 0 Å². The zero-order valence-electron chi connectivity index (χ0n) is 18.9. The van der Waals surface area contributed by atoms with Crippen LogP contribution in [0.5, 0.6) is 0 Å². The molecule has 0 aliphatic carbocycles. The van der Waals surface area contributed by atoms with Crippen molar-refractivity contribution in [1.29, 1.82) is 0 Å². The predicted octanol–water partition coefficient (Wildman–Crippen LogP) is 1.13. The topological polar surface area (TPSA) is 148 Å². The molecule has 2 aliphatic heterocycles. The third-order valence-electron chi connectivity index (χ3n) is 5.31. The van der Waals surface area contributed by atoms with Crippen LogP contribution >= 0.6 is 0 Å². The van der Waals surface area contributed by atoms with Gasteiger partial charge in [-0.05, 0) is 31.0 Å². The van der Waals surface area contributed by atoms with Crippen LogP contribution in [0.15, 0.2) is 18.2 Å². The van der Waals surface area contributed by atoms with Gasteiger partial charge in [-0.25, -0.2) is 18.0 Å². The molecule has 0 spiro atoms. The van der Waals surface area contributed by atoms with Gasteiger partial charge in [0.25, 0.3) is 0 Å². The Labute approximate surface area is 200 Å². The fourth-order valence-electron chi connectivity index (χ4n) is 3.63. The molecule has 3 N–H and O–H groups in total. The van der Waals surface area contributed by atoms with Crippen LogP contribution in [-0.4, -0.2) is 105 Å². The first-order valence-electron chi connectivity index (χ1n) is 10.6. The van der Waals surface area contributed by atoms with Gasteiger partial charge in [0.15, 0.2) is 0 Å². The van der Waals surface area contributed by atoms with E-state index in [1.54, 1.807) is 6.07 Å². The van der Waals surface area contributed by atoms with Crippen molar-refractivity contribution in [3.8, 4) is 0 Å². The van der Waals surface area contributed by atoms with Crippen molar-refractivity contribution < 1.29 is 46.2 Å². The Hall–Kier alpha value is -3.07. The number of benzene rings is 1. The molecule has 1 amide bonds. The van der Waals surface area contributed by atoms with Crippen molar-refractivity contribution in [1.82, 2.24) is 9.80 Å². The van der Waals surface area contributed by atoms with Crippen molar-refractivity contribution in [3.05, 3.63) is 23.8 Å². The SMILES string of the molecule is CS(=O)(=O)Nc1cc(C(=O)O)ccc1N1CCN(CC(=O)N2CCCC2)CC1.O=C(O)C(F)(F)F. The maximum Gasteiger partial charge on any atom is 0.490 e. The lowest BCUT2D eigenvalue weighted by atomic mass is 10.1. The summed E-state index contributed by atoms with van der Waals surface area (Å²) in [6.45, 7) is 4.69. The molecule has 2 fully saturated rings. The summed E-state index contributed by atoms with van der Waals surface area (Å²) in [6, 6.07) is 4.43. The van der Waals surface area contributed by atoms with E-state index in [9.17, 15) is 36.3 Å². The van der Waals surface area contributed by atoms with E-state index in [4.69, 9.17) is 9.90 Å². The molecule has 2 heterocycles. The fraction of sp³-hybridized carbons (Fsp3) is 0.550. The molecular weight excluding hydrogens is 497 g/mol. The number of hydrogen-bond donors (Lipinski definition) is 3. The molecule has 0 atom stereocenters. The first-order chi connectivity index (χ1) is 16.2. The summed E-state index contributed by atoms with van der Waals surface area (Å²) in [5, 5.41) is 16.3. The first kappa shape index (κ1) is 28.2. The number of halogens is 3. The number of carboxylic acid groups (broad SMARTS) is 2. The van der Waals surface area contributed by atoms with E-state index in [2.05, 4.69) is 9.62 Å². The van der Waals surface area contributed by atoms with Gasteiger partial charge in [0.2, 0.25) is 15.9 Å². The molecule has 196 valence electrons. The van der Waals surface area contributed by atoms with Gasteiger partial charge < -0.3 is 20.0 Å². The Morgan fingerprint density at radius 3 is 2.00 bits per heavy atom. The second-order valence-electron chi connectivity index (χ2n) is 8.07. The number of aliphatic carboxylic acids is 1. The average Bonchev–Trinajstić information content (AvgIpc) is 3.28. The van der Waals surface area contributed by atoms with Crippen LogP contribution < -0.4 is 9.62 Å². The van der Waals surface area contributed by atoms with Gasteiger partial charge in [-0.2, -0.15) is 13.2 Å². The van der Waals surface area contributed by atoms with Crippen molar-refractivity contribution in [2.45, 2.75) is 19.0 Å². The highest BCUT2D eigenvalue weighted by Crippen LogP contribution is 2.29. The van der Waals surface area contributed by atoms with Crippen molar-refractivity contribution >= 4 is 39.2 Å². The summed E-state index contributed by atoms with van der Waals surface area (Å²) >= 11 is 0. The normalized spacial score (nSPS) is 16.9. The van der Waals surface area contributed by atoms with E-state index in [1.807, 2.05) is 9.80 Å². The molecule has 0 unspecified atom stereocenters. The van der Waals surface area contributed by atoms with Gasteiger partial charge in [-0.1, -0.05) is 0 Å². The largest absolute Gasteiger partial charge is 0.490 e. The van der Waals surface area contributed by atoms with E-state index in [0.717, 1.165) is 32.2 Å².